The van der Waals surface area contributed by atoms with Crippen molar-refractivity contribution in [2.45, 2.75) is 38.9 Å². The van der Waals surface area contributed by atoms with Gasteiger partial charge in [-0.2, -0.15) is 0 Å². The molecule has 10 rings (SSSR count). The normalized spacial score (nSPS) is 24.3. The highest BCUT2D eigenvalue weighted by molar-refractivity contribution is 7.14. The number of carbonyl (C=O) groups excluding carboxylic acids is 4. The standard InChI is InChI=1S/C42H28N2O6S2/c1-41(2)39-37(51-31(43-39)17-25-21-9-5-7-11-23(21)33(45)35(25)47)27-13-20-16-30-28(14-19(20)15-29(27)49-41)38-40(42(3,4)50-30)44-32(52-38)18-26-22-10-6-8-12-24(22)34(46)36(26)48/h5-20H,1-4H3/b25-17-,26-18-. The average Bonchev–Trinajstić information content (AvgIpc) is 3.86. The van der Waals surface area contributed by atoms with Crippen LogP contribution >= 0.6 is 22.7 Å². The van der Waals surface area contributed by atoms with Gasteiger partial charge in [-0.25, -0.2) is 9.97 Å². The van der Waals surface area contributed by atoms with E-state index in [1.165, 1.54) is 22.7 Å². The van der Waals surface area contributed by atoms with E-state index < -0.39 is 34.3 Å². The van der Waals surface area contributed by atoms with Gasteiger partial charge in [-0.15, -0.1) is 22.7 Å². The third-order valence-corrected chi connectivity index (χ3v) is 12.5. The minimum absolute atomic E-state index is 0.0227. The molecule has 6 aliphatic rings. The Morgan fingerprint density at radius 1 is 0.558 bits per heavy atom. The van der Waals surface area contributed by atoms with Crippen LogP contribution < -0.4 is 0 Å². The van der Waals surface area contributed by atoms with Gasteiger partial charge in [0, 0.05) is 45.3 Å². The molecule has 0 fully saturated rings. The maximum atomic E-state index is 13.0. The molecular weight excluding hydrogens is 693 g/mol. The Morgan fingerprint density at radius 3 is 1.35 bits per heavy atom. The van der Waals surface area contributed by atoms with Crippen molar-refractivity contribution in [3.63, 3.8) is 0 Å². The van der Waals surface area contributed by atoms with E-state index in [2.05, 4.69) is 24.3 Å². The number of aromatic nitrogens is 2. The van der Waals surface area contributed by atoms with Crippen molar-refractivity contribution in [1.82, 2.24) is 9.97 Å². The van der Waals surface area contributed by atoms with Crippen LogP contribution in [0.4, 0.5) is 0 Å². The molecule has 0 spiro atoms. The minimum atomic E-state index is -0.738. The van der Waals surface area contributed by atoms with Gasteiger partial charge in [-0.1, -0.05) is 60.7 Å². The molecule has 4 heterocycles. The van der Waals surface area contributed by atoms with Crippen molar-refractivity contribution < 1.29 is 28.7 Å². The van der Waals surface area contributed by atoms with Gasteiger partial charge in [-0.3, -0.25) is 19.2 Å². The first-order valence-electron chi connectivity index (χ1n) is 17.0. The highest BCUT2D eigenvalue weighted by Gasteiger charge is 2.45. The molecule has 4 aromatic rings. The van der Waals surface area contributed by atoms with Gasteiger partial charge < -0.3 is 9.47 Å². The molecule has 0 radical (unpaired) electrons. The van der Waals surface area contributed by atoms with E-state index >= 15 is 0 Å². The Balaban J connectivity index is 1.02. The Bertz CT molecular complexity index is 2440. The summed E-state index contributed by atoms with van der Waals surface area (Å²) in [4.78, 5) is 63.1. The van der Waals surface area contributed by atoms with Crippen molar-refractivity contribution >= 4 is 80.3 Å². The molecule has 2 atom stereocenters. The van der Waals surface area contributed by atoms with Gasteiger partial charge in [0.1, 0.15) is 44.1 Å². The van der Waals surface area contributed by atoms with Crippen LogP contribution in [0.25, 0.3) is 34.4 Å². The van der Waals surface area contributed by atoms with Crippen molar-refractivity contribution in [3.05, 3.63) is 138 Å². The molecule has 2 aromatic carbocycles. The lowest BCUT2D eigenvalue weighted by Crippen LogP contribution is -2.32. The minimum Gasteiger partial charge on any atom is -0.481 e. The first-order chi connectivity index (χ1) is 24.9. The maximum absolute atomic E-state index is 13.0. The lowest BCUT2D eigenvalue weighted by Gasteiger charge is -2.40. The predicted molar refractivity (Wildman–Crippen MR) is 199 cm³/mol. The monoisotopic (exact) mass is 720 g/mol. The quantitative estimate of drug-likeness (QED) is 0.150. The molecule has 0 N–H and O–H groups in total. The van der Waals surface area contributed by atoms with Crippen molar-refractivity contribution in [1.29, 1.82) is 0 Å². The molecule has 0 saturated carbocycles. The number of rotatable bonds is 2. The van der Waals surface area contributed by atoms with Crippen LogP contribution in [-0.2, 0) is 30.3 Å². The number of carbonyl (C=O) groups is 4. The number of ether oxygens (including phenoxy) is 2. The molecular formula is C42H28N2O6S2. The fraction of sp³-hybridized carbons (Fsp3) is 0.190. The van der Waals surface area contributed by atoms with Crippen molar-refractivity contribution in [2.24, 2.45) is 11.8 Å². The number of ketones is 4. The second kappa shape index (κ2) is 10.5. The third kappa shape index (κ3) is 4.37. The largest absolute Gasteiger partial charge is 0.481 e. The lowest BCUT2D eigenvalue weighted by atomic mass is 9.77. The van der Waals surface area contributed by atoms with Gasteiger partial charge >= 0.3 is 0 Å². The van der Waals surface area contributed by atoms with Crippen LogP contribution in [0.15, 0.2) is 84.4 Å². The summed E-state index contributed by atoms with van der Waals surface area (Å²) in [5, 5.41) is 1.27. The number of nitrogens with zero attached hydrogens (tertiary/aromatic N) is 2. The summed E-state index contributed by atoms with van der Waals surface area (Å²) in [5.41, 5.74) is 4.81. The summed E-state index contributed by atoms with van der Waals surface area (Å²) in [6, 6.07) is 14.1. The number of hydrogen-bond acceptors (Lipinski definition) is 10. The third-order valence-electron chi connectivity index (χ3n) is 10.4. The summed E-state index contributed by atoms with van der Waals surface area (Å²) >= 11 is 2.98. The van der Waals surface area contributed by atoms with E-state index in [-0.39, 0.29) is 11.8 Å². The van der Waals surface area contributed by atoms with Crippen LogP contribution in [0.5, 0.6) is 0 Å². The zero-order valence-corrected chi connectivity index (χ0v) is 30.0. The van der Waals surface area contributed by atoms with Crippen LogP contribution in [0, 0.1) is 11.8 Å². The number of allylic oxidation sites excluding steroid dienone is 8. The topological polar surface area (TPSA) is 113 Å². The van der Waals surface area contributed by atoms with Crippen molar-refractivity contribution in [3.8, 4) is 0 Å². The SMILES string of the molecule is CC1(C)OC2=CC3C=C4C(=CC3C=C2c2sc(/C=C3\C(=O)C(=O)c5ccccc53)nc21)OC(C)(C)c1nc(/C=C2\C(=O)C(=O)c3ccccc32)sc14. The van der Waals surface area contributed by atoms with Gasteiger partial charge in [0.25, 0.3) is 0 Å². The van der Waals surface area contributed by atoms with Crippen LogP contribution in [0.1, 0.15) is 90.7 Å². The molecule has 4 aliphatic carbocycles. The van der Waals surface area contributed by atoms with Crippen LogP contribution in [-0.4, -0.2) is 33.1 Å². The van der Waals surface area contributed by atoms with E-state index in [0.717, 1.165) is 43.8 Å². The summed E-state index contributed by atoms with van der Waals surface area (Å²) in [6.45, 7) is 7.95. The first kappa shape index (κ1) is 31.2. The molecule has 0 bridgehead atoms. The van der Waals surface area contributed by atoms with Gasteiger partial charge in [-0.05, 0) is 63.1 Å². The van der Waals surface area contributed by atoms with E-state index in [1.54, 1.807) is 48.6 Å². The zero-order valence-electron chi connectivity index (χ0n) is 28.4. The van der Waals surface area contributed by atoms with Gasteiger partial charge in [0.05, 0.1) is 9.75 Å². The summed E-state index contributed by atoms with van der Waals surface area (Å²) in [7, 11) is 0. The van der Waals surface area contributed by atoms with E-state index in [9.17, 15) is 19.2 Å². The predicted octanol–water partition coefficient (Wildman–Crippen LogP) is 8.24. The first-order valence-corrected chi connectivity index (χ1v) is 18.6. The Kier molecular flexibility index (Phi) is 6.29. The molecule has 8 nitrogen and oxygen atoms in total. The van der Waals surface area contributed by atoms with Crippen molar-refractivity contribution in [2.75, 3.05) is 0 Å². The van der Waals surface area contributed by atoms with Gasteiger partial charge in [0.2, 0.25) is 23.1 Å². The summed E-state index contributed by atoms with van der Waals surface area (Å²) in [6.07, 6.45) is 12.2. The molecule has 2 aliphatic heterocycles. The molecule has 52 heavy (non-hydrogen) atoms. The number of hydrogen-bond donors (Lipinski definition) is 0. The molecule has 0 amide bonds. The number of thiazole rings is 2. The number of Topliss-reactive ketones (excluding diaryl/α,β-unsaturated/α-hetero) is 4. The Labute approximate surface area is 306 Å². The maximum Gasteiger partial charge on any atom is 0.234 e. The second-order valence-corrected chi connectivity index (χ2v) is 16.6. The van der Waals surface area contributed by atoms with E-state index in [4.69, 9.17) is 19.4 Å². The number of fused-ring (bicyclic) bond motifs is 9. The number of benzene rings is 2. The lowest BCUT2D eigenvalue weighted by molar-refractivity contribution is -0.110. The average molecular weight is 721 g/mol. The van der Waals surface area contributed by atoms with Gasteiger partial charge in [0.15, 0.2) is 0 Å². The molecule has 0 saturated heterocycles. The molecule has 2 aromatic heterocycles. The smallest absolute Gasteiger partial charge is 0.234 e. The van der Waals surface area contributed by atoms with Crippen LogP contribution in [0.2, 0.25) is 0 Å². The summed E-state index contributed by atoms with van der Waals surface area (Å²) < 4.78 is 13.3. The fourth-order valence-corrected chi connectivity index (χ4v) is 10.3. The molecule has 10 heteroatoms. The zero-order chi connectivity index (χ0) is 35.8. The van der Waals surface area contributed by atoms with E-state index in [1.807, 2.05) is 39.8 Å². The fourth-order valence-electron chi connectivity index (χ4n) is 7.90. The Morgan fingerprint density at radius 2 is 0.942 bits per heavy atom. The Hall–Kier alpha value is -5.58. The summed E-state index contributed by atoms with van der Waals surface area (Å²) in [5.74, 6) is -0.529. The molecule has 254 valence electrons. The highest BCUT2D eigenvalue weighted by Crippen LogP contribution is 2.54. The molecule has 2 unspecified atom stereocenters. The van der Waals surface area contributed by atoms with Crippen LogP contribution in [0.3, 0.4) is 0 Å². The second-order valence-electron chi connectivity index (χ2n) is 14.6. The highest BCUT2D eigenvalue weighted by atomic mass is 32.1. The van der Waals surface area contributed by atoms with E-state index in [0.29, 0.717) is 43.4 Å².